The lowest BCUT2D eigenvalue weighted by molar-refractivity contribution is 0.298. The third kappa shape index (κ3) is 5.34. The average molecular weight is 371 g/mol. The summed E-state index contributed by atoms with van der Waals surface area (Å²) in [5, 5.41) is 0. The number of benzene rings is 3. The molecule has 0 bridgehead atoms. The highest BCUT2D eigenvalue weighted by molar-refractivity contribution is 5.47. The maximum Gasteiger partial charge on any atom is 0.155 e. The zero-order chi connectivity index (χ0) is 19.1. The molecule has 0 atom stereocenters. The van der Waals surface area contributed by atoms with Crippen LogP contribution in [0.1, 0.15) is 12.5 Å². The van der Waals surface area contributed by atoms with Gasteiger partial charge in [-0.1, -0.05) is 6.07 Å². The second-order valence-electron chi connectivity index (χ2n) is 5.66. The predicted molar refractivity (Wildman–Crippen MR) is 99.0 cm³/mol. The Labute approximate surface area is 156 Å². The maximum absolute atomic E-state index is 13.6. The number of ether oxygens (including phenoxy) is 2. The van der Waals surface area contributed by atoms with Crippen molar-refractivity contribution in [1.82, 2.24) is 0 Å². The molecular formula is C21H19F2NO3. The second kappa shape index (κ2) is 8.89. The van der Waals surface area contributed by atoms with Crippen LogP contribution in [0.25, 0.3) is 0 Å². The lowest BCUT2D eigenvalue weighted by atomic mass is 10.2. The SMILES string of the molecule is CCOc1cccc(NOc2ccc(OCc3ccc(F)cc3F)cc2)c1. The van der Waals surface area contributed by atoms with E-state index in [0.29, 0.717) is 18.1 Å². The van der Waals surface area contributed by atoms with Gasteiger partial charge in [0.1, 0.15) is 29.7 Å². The predicted octanol–water partition coefficient (Wildman–Crippen LogP) is 5.35. The topological polar surface area (TPSA) is 39.7 Å². The van der Waals surface area contributed by atoms with Crippen molar-refractivity contribution in [2.45, 2.75) is 13.5 Å². The molecule has 3 aromatic carbocycles. The van der Waals surface area contributed by atoms with Gasteiger partial charge in [0, 0.05) is 17.7 Å². The van der Waals surface area contributed by atoms with E-state index in [2.05, 4.69) is 5.48 Å². The third-order valence-electron chi connectivity index (χ3n) is 3.66. The fourth-order valence-electron chi connectivity index (χ4n) is 2.34. The first-order chi connectivity index (χ1) is 13.1. The summed E-state index contributed by atoms with van der Waals surface area (Å²) in [5.41, 5.74) is 3.89. The molecule has 0 saturated heterocycles. The molecule has 3 aromatic rings. The normalized spacial score (nSPS) is 10.3. The monoisotopic (exact) mass is 371 g/mol. The summed E-state index contributed by atoms with van der Waals surface area (Å²) in [5.74, 6) is 0.634. The summed E-state index contributed by atoms with van der Waals surface area (Å²) < 4.78 is 37.5. The van der Waals surface area contributed by atoms with E-state index in [4.69, 9.17) is 14.3 Å². The standard InChI is InChI=1S/C21H19F2NO3/c1-2-25-20-5-3-4-17(13-20)24-27-19-10-8-18(9-11-19)26-14-15-6-7-16(22)12-21(15)23/h3-13,24H,2,14H2,1H3. The first-order valence-corrected chi connectivity index (χ1v) is 8.46. The van der Waals surface area contributed by atoms with Crippen LogP contribution in [0, 0.1) is 11.6 Å². The van der Waals surface area contributed by atoms with Crippen LogP contribution in [-0.4, -0.2) is 6.61 Å². The largest absolute Gasteiger partial charge is 0.494 e. The molecule has 0 fully saturated rings. The molecule has 27 heavy (non-hydrogen) atoms. The van der Waals surface area contributed by atoms with E-state index in [-0.39, 0.29) is 12.2 Å². The van der Waals surface area contributed by atoms with Crippen molar-refractivity contribution in [2.75, 3.05) is 12.1 Å². The van der Waals surface area contributed by atoms with E-state index < -0.39 is 11.6 Å². The van der Waals surface area contributed by atoms with Gasteiger partial charge >= 0.3 is 0 Å². The first kappa shape index (κ1) is 18.5. The van der Waals surface area contributed by atoms with Crippen LogP contribution in [-0.2, 0) is 6.61 Å². The highest BCUT2D eigenvalue weighted by atomic mass is 19.1. The molecule has 0 amide bonds. The Hall–Kier alpha value is -3.28. The molecule has 6 heteroatoms. The zero-order valence-corrected chi connectivity index (χ0v) is 14.7. The number of hydrogen-bond acceptors (Lipinski definition) is 4. The van der Waals surface area contributed by atoms with Crippen molar-refractivity contribution in [3.63, 3.8) is 0 Å². The van der Waals surface area contributed by atoms with Gasteiger partial charge in [-0.2, -0.15) is 0 Å². The summed E-state index contributed by atoms with van der Waals surface area (Å²) in [6.45, 7) is 2.52. The summed E-state index contributed by atoms with van der Waals surface area (Å²) in [7, 11) is 0. The van der Waals surface area contributed by atoms with Crippen LogP contribution in [0.2, 0.25) is 0 Å². The van der Waals surface area contributed by atoms with Gasteiger partial charge in [-0.25, -0.2) is 14.3 Å². The van der Waals surface area contributed by atoms with Crippen LogP contribution in [0.3, 0.4) is 0 Å². The number of anilines is 1. The Morgan fingerprint density at radius 1 is 0.815 bits per heavy atom. The van der Waals surface area contributed by atoms with Gasteiger partial charge in [0.15, 0.2) is 5.75 Å². The van der Waals surface area contributed by atoms with E-state index in [1.54, 1.807) is 24.3 Å². The van der Waals surface area contributed by atoms with Crippen LogP contribution in [0.15, 0.2) is 66.7 Å². The van der Waals surface area contributed by atoms with Crippen LogP contribution in [0.4, 0.5) is 14.5 Å². The van der Waals surface area contributed by atoms with Crippen molar-refractivity contribution in [2.24, 2.45) is 0 Å². The molecule has 0 aromatic heterocycles. The Morgan fingerprint density at radius 3 is 2.33 bits per heavy atom. The lowest BCUT2D eigenvalue weighted by Crippen LogP contribution is -2.05. The van der Waals surface area contributed by atoms with E-state index >= 15 is 0 Å². The minimum atomic E-state index is -0.631. The molecule has 0 aliphatic rings. The van der Waals surface area contributed by atoms with Crippen LogP contribution >= 0.6 is 0 Å². The second-order valence-corrected chi connectivity index (χ2v) is 5.66. The highest BCUT2D eigenvalue weighted by Crippen LogP contribution is 2.21. The first-order valence-electron chi connectivity index (χ1n) is 8.46. The van der Waals surface area contributed by atoms with E-state index in [9.17, 15) is 8.78 Å². The summed E-state index contributed by atoms with van der Waals surface area (Å²) in [4.78, 5) is 5.51. The van der Waals surface area contributed by atoms with E-state index in [1.807, 2.05) is 31.2 Å². The third-order valence-corrected chi connectivity index (χ3v) is 3.66. The molecule has 0 spiro atoms. The van der Waals surface area contributed by atoms with Crippen LogP contribution < -0.4 is 19.8 Å². The molecule has 0 saturated carbocycles. The van der Waals surface area contributed by atoms with Crippen molar-refractivity contribution in [1.29, 1.82) is 0 Å². The minimum absolute atomic E-state index is 0.00872. The van der Waals surface area contributed by atoms with E-state index in [0.717, 1.165) is 17.5 Å². The van der Waals surface area contributed by atoms with Crippen molar-refractivity contribution >= 4 is 5.69 Å². The van der Waals surface area contributed by atoms with Gasteiger partial charge in [-0.15, -0.1) is 0 Å². The molecule has 0 aliphatic heterocycles. The highest BCUT2D eigenvalue weighted by Gasteiger charge is 2.05. The van der Waals surface area contributed by atoms with E-state index in [1.165, 1.54) is 12.1 Å². The molecule has 0 unspecified atom stereocenters. The number of nitrogens with one attached hydrogen (secondary N) is 1. The Kier molecular flexibility index (Phi) is 6.10. The van der Waals surface area contributed by atoms with Crippen molar-refractivity contribution in [3.05, 3.63) is 83.9 Å². The fourth-order valence-corrected chi connectivity index (χ4v) is 2.34. The van der Waals surface area contributed by atoms with Gasteiger partial charge in [-0.05, 0) is 55.5 Å². The maximum atomic E-state index is 13.6. The van der Waals surface area contributed by atoms with Gasteiger partial charge < -0.3 is 14.3 Å². The van der Waals surface area contributed by atoms with Gasteiger partial charge in [0.25, 0.3) is 0 Å². The lowest BCUT2D eigenvalue weighted by Gasteiger charge is -2.11. The van der Waals surface area contributed by atoms with Gasteiger partial charge in [0.05, 0.1) is 12.3 Å². The minimum Gasteiger partial charge on any atom is -0.494 e. The quantitative estimate of drug-likeness (QED) is 0.542. The van der Waals surface area contributed by atoms with Gasteiger partial charge in [-0.3, -0.25) is 0 Å². The molecule has 140 valence electrons. The zero-order valence-electron chi connectivity index (χ0n) is 14.7. The summed E-state index contributed by atoms with van der Waals surface area (Å²) in [6.07, 6.45) is 0. The molecule has 0 heterocycles. The Morgan fingerprint density at radius 2 is 1.59 bits per heavy atom. The summed E-state index contributed by atoms with van der Waals surface area (Å²) >= 11 is 0. The Balaban J connectivity index is 1.53. The van der Waals surface area contributed by atoms with Gasteiger partial charge in [0.2, 0.25) is 0 Å². The van der Waals surface area contributed by atoms with Crippen molar-refractivity contribution in [3.8, 4) is 17.2 Å². The smallest absolute Gasteiger partial charge is 0.155 e. The average Bonchev–Trinajstić information content (AvgIpc) is 2.67. The fraction of sp³-hybridized carbons (Fsp3) is 0.143. The number of hydrogen-bond donors (Lipinski definition) is 1. The van der Waals surface area contributed by atoms with Crippen LogP contribution in [0.5, 0.6) is 17.2 Å². The molecule has 3 rings (SSSR count). The number of rotatable bonds is 8. The molecule has 0 aliphatic carbocycles. The molecule has 4 nitrogen and oxygen atoms in total. The molecule has 1 N–H and O–H groups in total. The Bertz CT molecular complexity index is 885. The summed E-state index contributed by atoms with van der Waals surface area (Å²) in [6, 6.07) is 17.7. The molecular weight excluding hydrogens is 352 g/mol. The number of halogens is 2. The molecule has 0 radical (unpaired) electrons. The van der Waals surface area contributed by atoms with Crippen molar-refractivity contribution < 1.29 is 23.1 Å².